The molecule has 0 spiro atoms. The van der Waals surface area contributed by atoms with Gasteiger partial charge in [0.05, 0.1) is 11.6 Å². The van der Waals surface area contributed by atoms with Crippen LogP contribution in [0.3, 0.4) is 0 Å². The zero-order chi connectivity index (χ0) is 29.3. The molecule has 10 heteroatoms. The third-order valence-electron chi connectivity index (χ3n) is 7.05. The highest BCUT2D eigenvalue weighted by molar-refractivity contribution is 5.66. The first kappa shape index (κ1) is 27.8. The largest absolute Gasteiger partial charge is 0.493 e. The summed E-state index contributed by atoms with van der Waals surface area (Å²) in [5.41, 5.74) is 2.94. The van der Waals surface area contributed by atoms with Gasteiger partial charge in [-0.3, -0.25) is 14.0 Å². The second kappa shape index (κ2) is 11.4. The van der Waals surface area contributed by atoms with Gasteiger partial charge in [0.1, 0.15) is 17.3 Å². The molecule has 0 aliphatic rings. The molecule has 0 fully saturated rings. The maximum atomic E-state index is 14.2. The van der Waals surface area contributed by atoms with Crippen LogP contribution in [0.4, 0.5) is 13.2 Å². The first-order chi connectivity index (χ1) is 19.7. The number of aromatic hydroxyl groups is 1. The second-order valence-corrected chi connectivity index (χ2v) is 9.74. The summed E-state index contributed by atoms with van der Waals surface area (Å²) in [4.78, 5) is 22.3. The van der Waals surface area contributed by atoms with E-state index in [0.717, 1.165) is 22.8 Å². The average molecular weight is 560 g/mol. The van der Waals surface area contributed by atoms with Crippen LogP contribution in [0.1, 0.15) is 48.7 Å². The van der Waals surface area contributed by atoms with Crippen molar-refractivity contribution in [3.63, 3.8) is 0 Å². The van der Waals surface area contributed by atoms with Crippen molar-refractivity contribution in [1.82, 2.24) is 24.3 Å². The molecule has 1 N–H and O–H groups in total. The second-order valence-electron chi connectivity index (χ2n) is 9.74. The van der Waals surface area contributed by atoms with Gasteiger partial charge in [0.2, 0.25) is 11.8 Å². The minimum Gasteiger partial charge on any atom is -0.493 e. The van der Waals surface area contributed by atoms with Crippen molar-refractivity contribution in [2.45, 2.75) is 46.2 Å². The molecule has 210 valence electrons. The Hall–Kier alpha value is -4.73. The van der Waals surface area contributed by atoms with Gasteiger partial charge in [-0.1, -0.05) is 31.2 Å². The standard InChI is InChI=1S/C31H28F3N5O2/c1-4-27(21-15-22(32)17-23(33)16-21)39-29(26-12-13-38(5-2)37-26)36-30(40)25(31(39)41)14-19-6-8-20(9-7-19)24-10-11-28(34)35-18(24)3/h6-13,15-17,27,40H,4-5,14H2,1-3H3/t27-/m0/s1. The van der Waals surface area contributed by atoms with E-state index in [-0.39, 0.29) is 23.4 Å². The minimum atomic E-state index is -0.780. The summed E-state index contributed by atoms with van der Waals surface area (Å²) in [6.07, 6.45) is 2.09. The van der Waals surface area contributed by atoms with Crippen molar-refractivity contribution in [3.05, 3.63) is 117 Å². The summed E-state index contributed by atoms with van der Waals surface area (Å²) < 4.78 is 44.9. The summed E-state index contributed by atoms with van der Waals surface area (Å²) in [7, 11) is 0. The monoisotopic (exact) mass is 559 g/mol. The van der Waals surface area contributed by atoms with Crippen molar-refractivity contribution in [2.75, 3.05) is 0 Å². The molecule has 41 heavy (non-hydrogen) atoms. The number of nitrogens with zero attached hydrogens (tertiary/aromatic N) is 5. The molecular formula is C31H28F3N5O2. The van der Waals surface area contributed by atoms with E-state index in [9.17, 15) is 23.1 Å². The molecule has 0 radical (unpaired) electrons. The Kier molecular flexibility index (Phi) is 7.74. The van der Waals surface area contributed by atoms with Crippen molar-refractivity contribution in [1.29, 1.82) is 0 Å². The first-order valence-electron chi connectivity index (χ1n) is 13.2. The van der Waals surface area contributed by atoms with Gasteiger partial charge in [-0.2, -0.15) is 14.5 Å². The highest BCUT2D eigenvalue weighted by Gasteiger charge is 2.26. The number of benzene rings is 2. The SMILES string of the molecule is CC[C@@H](c1cc(F)cc(F)c1)n1c(-c2ccn(CC)n2)nc(O)c(Cc2ccc(-c3ccc(F)nc3C)cc2)c1=O. The highest BCUT2D eigenvalue weighted by Crippen LogP contribution is 2.30. The summed E-state index contributed by atoms with van der Waals surface area (Å²) >= 11 is 0. The number of aromatic nitrogens is 5. The van der Waals surface area contributed by atoms with Crippen LogP contribution in [0.2, 0.25) is 0 Å². The summed E-state index contributed by atoms with van der Waals surface area (Å²) in [6, 6.07) is 14.3. The molecule has 0 saturated heterocycles. The third-order valence-corrected chi connectivity index (χ3v) is 7.05. The molecule has 0 aliphatic carbocycles. The van der Waals surface area contributed by atoms with Gasteiger partial charge in [-0.15, -0.1) is 0 Å². The Labute approximate surface area is 234 Å². The highest BCUT2D eigenvalue weighted by atomic mass is 19.1. The number of hydrogen-bond donors (Lipinski definition) is 1. The summed E-state index contributed by atoms with van der Waals surface area (Å²) in [5.74, 6) is -2.44. The predicted octanol–water partition coefficient (Wildman–Crippen LogP) is 6.21. The fourth-order valence-corrected chi connectivity index (χ4v) is 5.02. The van der Waals surface area contributed by atoms with Crippen molar-refractivity contribution < 1.29 is 18.3 Å². The molecule has 7 nitrogen and oxygen atoms in total. The summed E-state index contributed by atoms with van der Waals surface area (Å²) in [6.45, 7) is 6.00. The van der Waals surface area contributed by atoms with Crippen LogP contribution in [0.25, 0.3) is 22.6 Å². The number of halogens is 3. The zero-order valence-corrected chi connectivity index (χ0v) is 22.8. The lowest BCUT2D eigenvalue weighted by Crippen LogP contribution is -2.31. The van der Waals surface area contributed by atoms with Gasteiger partial charge in [-0.25, -0.2) is 13.8 Å². The van der Waals surface area contributed by atoms with Crippen molar-refractivity contribution in [3.8, 4) is 28.5 Å². The van der Waals surface area contributed by atoms with Crippen LogP contribution in [-0.4, -0.2) is 29.4 Å². The van der Waals surface area contributed by atoms with Crippen LogP contribution >= 0.6 is 0 Å². The Balaban J connectivity index is 1.61. The molecule has 0 amide bonds. The van der Waals surface area contributed by atoms with E-state index in [0.29, 0.717) is 24.4 Å². The number of hydrogen-bond acceptors (Lipinski definition) is 5. The van der Waals surface area contributed by atoms with Gasteiger partial charge in [-0.05, 0) is 67.3 Å². The molecule has 3 aromatic heterocycles. The molecule has 1 atom stereocenters. The number of pyridine rings is 1. The smallest absolute Gasteiger partial charge is 0.261 e. The van der Waals surface area contributed by atoms with Gasteiger partial charge in [0, 0.05) is 36.5 Å². The van der Waals surface area contributed by atoms with E-state index >= 15 is 0 Å². The minimum absolute atomic E-state index is 0.0337. The average Bonchev–Trinajstić information content (AvgIpc) is 3.42. The Morgan fingerprint density at radius 2 is 1.63 bits per heavy atom. The van der Waals surface area contributed by atoms with Gasteiger partial charge < -0.3 is 5.11 Å². The Morgan fingerprint density at radius 3 is 2.24 bits per heavy atom. The molecule has 0 unspecified atom stereocenters. The topological polar surface area (TPSA) is 85.8 Å². The lowest BCUT2D eigenvalue weighted by molar-refractivity contribution is 0.433. The predicted molar refractivity (Wildman–Crippen MR) is 149 cm³/mol. The molecule has 0 aliphatic heterocycles. The van der Waals surface area contributed by atoms with Crippen LogP contribution < -0.4 is 5.56 Å². The van der Waals surface area contributed by atoms with E-state index in [1.807, 2.05) is 19.1 Å². The fourth-order valence-electron chi connectivity index (χ4n) is 5.02. The van der Waals surface area contributed by atoms with E-state index < -0.39 is 35.1 Å². The number of rotatable bonds is 8. The third kappa shape index (κ3) is 5.63. The maximum absolute atomic E-state index is 14.2. The summed E-state index contributed by atoms with van der Waals surface area (Å²) in [5, 5.41) is 15.4. The molecule has 3 heterocycles. The molecule has 5 aromatic rings. The maximum Gasteiger partial charge on any atom is 0.261 e. The van der Waals surface area contributed by atoms with Crippen molar-refractivity contribution >= 4 is 0 Å². The molecule has 0 bridgehead atoms. The van der Waals surface area contributed by atoms with Gasteiger partial charge >= 0.3 is 0 Å². The van der Waals surface area contributed by atoms with E-state index in [4.69, 9.17) is 0 Å². The van der Waals surface area contributed by atoms with Gasteiger partial charge in [0.15, 0.2) is 5.82 Å². The van der Waals surface area contributed by atoms with Crippen LogP contribution in [-0.2, 0) is 13.0 Å². The van der Waals surface area contributed by atoms with E-state index in [1.54, 1.807) is 49.0 Å². The van der Waals surface area contributed by atoms with E-state index in [1.165, 1.54) is 22.8 Å². The van der Waals surface area contributed by atoms with Crippen LogP contribution in [0.5, 0.6) is 5.88 Å². The van der Waals surface area contributed by atoms with Crippen molar-refractivity contribution in [2.24, 2.45) is 0 Å². The molecular weight excluding hydrogens is 531 g/mol. The van der Waals surface area contributed by atoms with Gasteiger partial charge in [0.25, 0.3) is 5.56 Å². The quantitative estimate of drug-likeness (QED) is 0.229. The Bertz CT molecular complexity index is 1760. The lowest BCUT2D eigenvalue weighted by Gasteiger charge is -2.23. The fraction of sp³-hybridized carbons (Fsp3) is 0.226. The normalized spacial score (nSPS) is 12.0. The van der Waals surface area contributed by atoms with E-state index in [2.05, 4.69) is 15.1 Å². The molecule has 2 aromatic carbocycles. The van der Waals surface area contributed by atoms with Crippen LogP contribution in [0, 0.1) is 24.5 Å². The molecule has 0 saturated carbocycles. The number of aryl methyl sites for hydroxylation is 2. The zero-order valence-electron chi connectivity index (χ0n) is 22.8. The molecule has 5 rings (SSSR count). The lowest BCUT2D eigenvalue weighted by atomic mass is 9.99. The van der Waals surface area contributed by atoms with Crippen LogP contribution in [0.15, 0.2) is 71.7 Å². The first-order valence-corrected chi connectivity index (χ1v) is 13.2. The Morgan fingerprint density at radius 1 is 0.927 bits per heavy atom.